The molecule has 2 N–H and O–H groups in total. The third-order valence-corrected chi connectivity index (χ3v) is 2.91. The lowest BCUT2D eigenvalue weighted by atomic mass is 10.1. The fraction of sp³-hybridized carbons (Fsp3) is 0.500. The Balaban J connectivity index is 2.70. The molecule has 0 aliphatic carbocycles. The molecule has 7 heteroatoms. The van der Waals surface area contributed by atoms with Gasteiger partial charge in [0, 0.05) is 18.8 Å². The zero-order chi connectivity index (χ0) is 16.0. The highest BCUT2D eigenvalue weighted by atomic mass is 19.4. The molecule has 0 bridgehead atoms. The summed E-state index contributed by atoms with van der Waals surface area (Å²) in [5.74, 6) is 0. The molecule has 1 atom stereocenters. The van der Waals surface area contributed by atoms with Gasteiger partial charge in [-0.1, -0.05) is 19.1 Å². The molecule has 0 aliphatic heterocycles. The number of nitrogens with zero attached hydrogens (tertiary/aromatic N) is 1. The van der Waals surface area contributed by atoms with Crippen molar-refractivity contribution in [3.05, 3.63) is 29.8 Å². The maximum atomic E-state index is 12.2. The highest BCUT2D eigenvalue weighted by molar-refractivity contribution is 5.89. The minimum Gasteiger partial charge on any atom is -0.318 e. The molecule has 1 unspecified atom stereocenters. The van der Waals surface area contributed by atoms with Crippen LogP contribution < -0.4 is 10.6 Å². The highest BCUT2D eigenvalue weighted by Gasteiger charge is 2.31. The van der Waals surface area contributed by atoms with E-state index in [1.54, 1.807) is 18.2 Å². The summed E-state index contributed by atoms with van der Waals surface area (Å²) < 4.78 is 36.7. The lowest BCUT2D eigenvalue weighted by molar-refractivity contribution is -0.137. The van der Waals surface area contributed by atoms with Crippen LogP contribution in [0.2, 0.25) is 0 Å². The topological polar surface area (TPSA) is 44.4 Å². The van der Waals surface area contributed by atoms with Crippen LogP contribution >= 0.6 is 0 Å². The molecule has 21 heavy (non-hydrogen) atoms. The first-order chi connectivity index (χ1) is 9.73. The number of carbonyl (C=O) groups is 1. The van der Waals surface area contributed by atoms with Crippen molar-refractivity contribution in [3.63, 3.8) is 0 Å². The van der Waals surface area contributed by atoms with E-state index in [1.807, 2.05) is 19.9 Å². The smallest absolute Gasteiger partial charge is 0.318 e. The Bertz CT molecular complexity index is 477. The highest BCUT2D eigenvalue weighted by Crippen LogP contribution is 2.19. The molecule has 4 nitrogen and oxygen atoms in total. The first-order valence-electron chi connectivity index (χ1n) is 6.65. The number of urea groups is 1. The predicted molar refractivity (Wildman–Crippen MR) is 76.2 cm³/mol. The normalized spacial score (nSPS) is 12.9. The summed E-state index contributed by atoms with van der Waals surface area (Å²) in [6, 6.07) is 6.33. The molecule has 1 aromatic carbocycles. The van der Waals surface area contributed by atoms with E-state index < -0.39 is 18.8 Å². The number of amides is 2. The molecule has 0 heterocycles. The summed E-state index contributed by atoms with van der Waals surface area (Å²) >= 11 is 0. The molecule has 0 fully saturated rings. The van der Waals surface area contributed by atoms with Gasteiger partial charge in [0.2, 0.25) is 0 Å². The number of benzene rings is 1. The van der Waals surface area contributed by atoms with Gasteiger partial charge in [0.1, 0.15) is 6.54 Å². The average molecular weight is 303 g/mol. The van der Waals surface area contributed by atoms with Crippen molar-refractivity contribution in [2.24, 2.45) is 0 Å². The minimum atomic E-state index is -4.41. The van der Waals surface area contributed by atoms with Crippen LogP contribution in [0.15, 0.2) is 24.3 Å². The van der Waals surface area contributed by atoms with Crippen molar-refractivity contribution in [1.29, 1.82) is 0 Å². The van der Waals surface area contributed by atoms with Crippen LogP contribution in [0.1, 0.15) is 25.5 Å². The Hall–Kier alpha value is -1.76. The van der Waals surface area contributed by atoms with Gasteiger partial charge in [-0.15, -0.1) is 0 Å². The monoisotopic (exact) mass is 303 g/mol. The zero-order valence-electron chi connectivity index (χ0n) is 12.3. The Morgan fingerprint density at radius 3 is 2.62 bits per heavy atom. The van der Waals surface area contributed by atoms with E-state index in [0.717, 1.165) is 19.2 Å². The van der Waals surface area contributed by atoms with Crippen LogP contribution in [0, 0.1) is 0 Å². The van der Waals surface area contributed by atoms with E-state index in [9.17, 15) is 18.0 Å². The van der Waals surface area contributed by atoms with Gasteiger partial charge in [0.25, 0.3) is 0 Å². The number of anilines is 1. The van der Waals surface area contributed by atoms with Gasteiger partial charge in [0.05, 0.1) is 0 Å². The van der Waals surface area contributed by atoms with Gasteiger partial charge in [-0.25, -0.2) is 4.79 Å². The third-order valence-electron chi connectivity index (χ3n) is 2.91. The van der Waals surface area contributed by atoms with Gasteiger partial charge in [-0.3, -0.25) is 0 Å². The summed E-state index contributed by atoms with van der Waals surface area (Å²) in [6.07, 6.45) is -4.41. The lowest BCUT2D eigenvalue weighted by Gasteiger charge is -2.20. The largest absolute Gasteiger partial charge is 0.406 e. The van der Waals surface area contributed by atoms with E-state index in [0.29, 0.717) is 10.6 Å². The number of nitrogens with one attached hydrogen (secondary N) is 2. The number of halogens is 3. The summed E-state index contributed by atoms with van der Waals surface area (Å²) in [6.45, 7) is 3.47. The summed E-state index contributed by atoms with van der Waals surface area (Å²) in [4.78, 5) is 12.3. The Labute approximate surface area is 122 Å². The second kappa shape index (κ2) is 7.31. The van der Waals surface area contributed by atoms with Crippen molar-refractivity contribution in [1.82, 2.24) is 10.2 Å². The molecule has 0 saturated heterocycles. The van der Waals surface area contributed by atoms with Gasteiger partial charge < -0.3 is 15.5 Å². The van der Waals surface area contributed by atoms with E-state index >= 15 is 0 Å². The van der Waals surface area contributed by atoms with E-state index in [-0.39, 0.29) is 6.04 Å². The molecule has 0 aromatic heterocycles. The van der Waals surface area contributed by atoms with Crippen LogP contribution in [0.3, 0.4) is 0 Å². The van der Waals surface area contributed by atoms with Crippen LogP contribution in [-0.2, 0) is 0 Å². The molecular weight excluding hydrogens is 283 g/mol. The number of hydrogen-bond acceptors (Lipinski definition) is 2. The van der Waals surface area contributed by atoms with Crippen molar-refractivity contribution in [2.45, 2.75) is 26.1 Å². The van der Waals surface area contributed by atoms with Crippen molar-refractivity contribution in [2.75, 3.05) is 25.5 Å². The maximum absolute atomic E-state index is 12.2. The van der Waals surface area contributed by atoms with Crippen LogP contribution in [0.5, 0.6) is 0 Å². The first-order valence-corrected chi connectivity index (χ1v) is 6.65. The molecule has 0 saturated carbocycles. The number of alkyl halides is 3. The first kappa shape index (κ1) is 17.3. The van der Waals surface area contributed by atoms with Gasteiger partial charge in [0.15, 0.2) is 0 Å². The quantitative estimate of drug-likeness (QED) is 0.876. The molecule has 1 aromatic rings. The Morgan fingerprint density at radius 1 is 1.38 bits per heavy atom. The van der Waals surface area contributed by atoms with Gasteiger partial charge in [-0.2, -0.15) is 13.2 Å². The van der Waals surface area contributed by atoms with Crippen molar-refractivity contribution >= 4 is 11.7 Å². The van der Waals surface area contributed by atoms with Crippen molar-refractivity contribution in [3.8, 4) is 0 Å². The summed E-state index contributed by atoms with van der Waals surface area (Å²) in [5.41, 5.74) is 1.42. The van der Waals surface area contributed by atoms with Crippen LogP contribution in [-0.4, -0.2) is 37.2 Å². The summed E-state index contributed by atoms with van der Waals surface area (Å²) in [5, 5.41) is 5.69. The van der Waals surface area contributed by atoms with E-state index in [4.69, 9.17) is 0 Å². The van der Waals surface area contributed by atoms with Crippen LogP contribution in [0.25, 0.3) is 0 Å². The molecule has 0 aliphatic rings. The number of rotatable bonds is 5. The van der Waals surface area contributed by atoms with Gasteiger partial charge in [-0.05, 0) is 31.2 Å². The second-order valence-corrected chi connectivity index (χ2v) is 4.81. The molecule has 0 radical (unpaired) electrons. The molecule has 1 rings (SSSR count). The van der Waals surface area contributed by atoms with Gasteiger partial charge >= 0.3 is 12.2 Å². The second-order valence-electron chi connectivity index (χ2n) is 4.81. The third kappa shape index (κ3) is 6.03. The fourth-order valence-corrected chi connectivity index (χ4v) is 1.87. The summed E-state index contributed by atoms with van der Waals surface area (Å²) in [7, 11) is 1.11. The molecule has 2 amide bonds. The lowest BCUT2D eigenvalue weighted by Crippen LogP contribution is -2.38. The molecule has 118 valence electrons. The fourth-order valence-electron chi connectivity index (χ4n) is 1.87. The van der Waals surface area contributed by atoms with Crippen LogP contribution in [0.4, 0.5) is 23.7 Å². The zero-order valence-corrected chi connectivity index (χ0v) is 12.3. The maximum Gasteiger partial charge on any atom is 0.406 e. The van der Waals surface area contributed by atoms with E-state index in [2.05, 4.69) is 10.6 Å². The number of carbonyl (C=O) groups excluding carboxylic acids is 1. The predicted octanol–water partition coefficient (Wildman–Crippen LogP) is 3.38. The van der Waals surface area contributed by atoms with E-state index in [1.165, 1.54) is 0 Å². The minimum absolute atomic E-state index is 0.0970. The van der Waals surface area contributed by atoms with Crippen molar-refractivity contribution < 1.29 is 18.0 Å². The average Bonchev–Trinajstić information content (AvgIpc) is 2.37. The number of hydrogen-bond donors (Lipinski definition) is 2. The standard InChI is InChI=1S/C14H20F3N3O/c1-4-18-10(2)11-6-5-7-12(8-11)19-13(21)20(3)9-14(15,16)17/h5-8,10,18H,4,9H2,1-3H3,(H,19,21). The molecule has 0 spiro atoms. The Morgan fingerprint density at radius 2 is 2.05 bits per heavy atom. The Kier molecular flexibility index (Phi) is 6.02. The molecular formula is C14H20F3N3O. The SMILES string of the molecule is CCNC(C)c1cccc(NC(=O)N(C)CC(F)(F)F)c1.